The van der Waals surface area contributed by atoms with Crippen molar-refractivity contribution in [3.05, 3.63) is 0 Å². The van der Waals surface area contributed by atoms with Crippen molar-refractivity contribution in [1.82, 2.24) is 9.80 Å². The van der Waals surface area contributed by atoms with Gasteiger partial charge in [-0.05, 0) is 0 Å². The second kappa shape index (κ2) is 9.87. The van der Waals surface area contributed by atoms with E-state index in [-0.39, 0.29) is 32.6 Å². The SMILES string of the molecule is O=CCN(CCC(=O)O)CCN(CC(=O)O)CC(=O)O. The highest BCUT2D eigenvalue weighted by Gasteiger charge is 2.15. The Balaban J connectivity index is 4.35. The molecule has 0 saturated carbocycles. The summed E-state index contributed by atoms with van der Waals surface area (Å²) in [6, 6.07) is 0. The van der Waals surface area contributed by atoms with Crippen molar-refractivity contribution in [2.45, 2.75) is 6.42 Å². The fourth-order valence-electron chi connectivity index (χ4n) is 1.53. The van der Waals surface area contributed by atoms with Crippen molar-refractivity contribution in [3.63, 3.8) is 0 Å². The van der Waals surface area contributed by atoms with Gasteiger partial charge in [-0.3, -0.25) is 24.2 Å². The van der Waals surface area contributed by atoms with Gasteiger partial charge in [-0.25, -0.2) is 0 Å². The summed E-state index contributed by atoms with van der Waals surface area (Å²) >= 11 is 0. The third kappa shape index (κ3) is 9.97. The molecule has 0 aromatic rings. The van der Waals surface area contributed by atoms with Gasteiger partial charge in [-0.15, -0.1) is 0 Å². The smallest absolute Gasteiger partial charge is 0.317 e. The fourth-order valence-corrected chi connectivity index (χ4v) is 1.53. The lowest BCUT2D eigenvalue weighted by Crippen LogP contribution is -2.41. The zero-order valence-electron chi connectivity index (χ0n) is 10.9. The van der Waals surface area contributed by atoms with Gasteiger partial charge >= 0.3 is 17.9 Å². The normalized spacial score (nSPS) is 10.7. The quantitative estimate of drug-likeness (QED) is 0.364. The van der Waals surface area contributed by atoms with Gasteiger partial charge in [0, 0.05) is 19.6 Å². The Morgan fingerprint density at radius 1 is 0.800 bits per heavy atom. The van der Waals surface area contributed by atoms with Crippen LogP contribution in [0.15, 0.2) is 0 Å². The number of carbonyl (C=O) groups excluding carboxylic acids is 1. The van der Waals surface area contributed by atoms with Gasteiger partial charge in [0.25, 0.3) is 0 Å². The molecule has 0 amide bonds. The van der Waals surface area contributed by atoms with Crippen LogP contribution in [0.5, 0.6) is 0 Å². The lowest BCUT2D eigenvalue weighted by molar-refractivity contribution is -0.142. The van der Waals surface area contributed by atoms with Crippen molar-refractivity contribution in [2.24, 2.45) is 0 Å². The summed E-state index contributed by atoms with van der Waals surface area (Å²) in [5, 5.41) is 25.9. The van der Waals surface area contributed by atoms with E-state index in [9.17, 15) is 19.2 Å². The van der Waals surface area contributed by atoms with Crippen LogP contribution in [-0.4, -0.2) is 88.6 Å². The second-order valence-corrected chi connectivity index (χ2v) is 4.11. The zero-order chi connectivity index (χ0) is 15.5. The standard InChI is InChI=1S/C11H18N2O7/c14-6-5-12(2-1-9(15)16)3-4-13(7-10(17)18)8-11(19)20/h6H,1-5,7-8H2,(H,15,16)(H,17,18)(H,19,20). The fraction of sp³-hybridized carbons (Fsp3) is 0.636. The molecule has 0 aromatic heterocycles. The molecule has 0 fully saturated rings. The van der Waals surface area contributed by atoms with Crippen molar-refractivity contribution >= 4 is 24.2 Å². The van der Waals surface area contributed by atoms with E-state index in [1.807, 2.05) is 0 Å². The molecule has 0 rings (SSSR count). The summed E-state index contributed by atoms with van der Waals surface area (Å²) in [7, 11) is 0. The molecule has 0 unspecified atom stereocenters. The van der Waals surface area contributed by atoms with Gasteiger partial charge in [0.05, 0.1) is 26.1 Å². The lowest BCUT2D eigenvalue weighted by Gasteiger charge is -2.23. The van der Waals surface area contributed by atoms with Gasteiger partial charge in [-0.1, -0.05) is 0 Å². The van der Waals surface area contributed by atoms with E-state index in [4.69, 9.17) is 15.3 Å². The maximum Gasteiger partial charge on any atom is 0.317 e. The van der Waals surface area contributed by atoms with Gasteiger partial charge < -0.3 is 20.1 Å². The number of aldehydes is 1. The zero-order valence-corrected chi connectivity index (χ0v) is 10.9. The highest BCUT2D eigenvalue weighted by atomic mass is 16.4. The topological polar surface area (TPSA) is 135 Å². The highest BCUT2D eigenvalue weighted by Crippen LogP contribution is 1.95. The average molecular weight is 290 g/mol. The molecule has 3 N–H and O–H groups in total. The molecule has 0 aliphatic carbocycles. The predicted molar refractivity (Wildman–Crippen MR) is 66.5 cm³/mol. The van der Waals surface area contributed by atoms with Gasteiger partial charge in [0.1, 0.15) is 6.29 Å². The first kappa shape index (κ1) is 18.0. The van der Waals surface area contributed by atoms with E-state index in [0.717, 1.165) is 0 Å². The van der Waals surface area contributed by atoms with E-state index >= 15 is 0 Å². The van der Waals surface area contributed by atoms with Gasteiger partial charge in [0.15, 0.2) is 0 Å². The van der Waals surface area contributed by atoms with E-state index in [1.54, 1.807) is 0 Å². The Kier molecular flexibility index (Phi) is 8.88. The molecule has 0 aliphatic heterocycles. The Morgan fingerprint density at radius 3 is 1.70 bits per heavy atom. The molecule has 0 heterocycles. The van der Waals surface area contributed by atoms with Gasteiger partial charge in [0.2, 0.25) is 0 Å². The molecule has 0 atom stereocenters. The van der Waals surface area contributed by atoms with Gasteiger partial charge in [-0.2, -0.15) is 0 Å². The molecule has 20 heavy (non-hydrogen) atoms. The summed E-state index contributed by atoms with van der Waals surface area (Å²) in [5.41, 5.74) is 0. The first-order chi connectivity index (χ1) is 9.35. The Bertz CT molecular complexity index is 343. The second-order valence-electron chi connectivity index (χ2n) is 4.11. The van der Waals surface area contributed by atoms with Crippen LogP contribution in [0.25, 0.3) is 0 Å². The van der Waals surface area contributed by atoms with E-state index in [1.165, 1.54) is 9.80 Å². The van der Waals surface area contributed by atoms with Crippen LogP contribution in [0, 0.1) is 0 Å². The van der Waals surface area contributed by atoms with E-state index in [0.29, 0.717) is 6.29 Å². The molecular formula is C11H18N2O7. The molecule has 9 heteroatoms. The molecule has 9 nitrogen and oxygen atoms in total. The van der Waals surface area contributed by atoms with Crippen molar-refractivity contribution < 1.29 is 34.5 Å². The minimum atomic E-state index is -1.15. The highest BCUT2D eigenvalue weighted by molar-refractivity contribution is 5.72. The first-order valence-corrected chi connectivity index (χ1v) is 5.89. The molecule has 0 radical (unpaired) electrons. The minimum absolute atomic E-state index is 0.0151. The number of hydrogen-bond donors (Lipinski definition) is 3. The number of aliphatic carboxylic acids is 3. The molecule has 0 aliphatic rings. The van der Waals surface area contributed by atoms with E-state index in [2.05, 4.69) is 0 Å². The average Bonchev–Trinajstić information content (AvgIpc) is 2.30. The lowest BCUT2D eigenvalue weighted by atomic mass is 10.3. The Morgan fingerprint density at radius 2 is 1.30 bits per heavy atom. The van der Waals surface area contributed by atoms with Crippen LogP contribution in [0.3, 0.4) is 0 Å². The predicted octanol–water partition coefficient (Wildman–Crippen LogP) is -1.57. The number of carboxylic acids is 3. The third-order valence-electron chi connectivity index (χ3n) is 2.42. The third-order valence-corrected chi connectivity index (χ3v) is 2.42. The molecular weight excluding hydrogens is 272 g/mol. The Hall–Kier alpha value is -2.00. The number of nitrogens with zero attached hydrogens (tertiary/aromatic N) is 2. The molecule has 0 aromatic carbocycles. The largest absolute Gasteiger partial charge is 0.481 e. The summed E-state index contributed by atoms with van der Waals surface area (Å²) < 4.78 is 0. The molecule has 0 bridgehead atoms. The number of carboxylic acid groups (broad SMARTS) is 3. The van der Waals surface area contributed by atoms with Crippen molar-refractivity contribution in [1.29, 1.82) is 0 Å². The summed E-state index contributed by atoms with van der Waals surface area (Å²) in [6.45, 7) is -0.373. The van der Waals surface area contributed by atoms with Crippen LogP contribution in [0.1, 0.15) is 6.42 Å². The summed E-state index contributed by atoms with van der Waals surface area (Å²) in [5.74, 6) is -3.31. The van der Waals surface area contributed by atoms with Crippen LogP contribution in [0.2, 0.25) is 0 Å². The number of rotatable bonds is 12. The van der Waals surface area contributed by atoms with Crippen LogP contribution >= 0.6 is 0 Å². The molecule has 114 valence electrons. The number of carbonyl (C=O) groups is 4. The molecule has 0 saturated heterocycles. The maximum atomic E-state index is 10.6. The number of hydrogen-bond acceptors (Lipinski definition) is 6. The van der Waals surface area contributed by atoms with E-state index < -0.39 is 31.0 Å². The summed E-state index contributed by atoms with van der Waals surface area (Å²) in [6.07, 6.45) is 0.465. The van der Waals surface area contributed by atoms with Crippen LogP contribution in [0.4, 0.5) is 0 Å². The first-order valence-electron chi connectivity index (χ1n) is 5.89. The Labute approximate surface area is 115 Å². The van der Waals surface area contributed by atoms with Crippen molar-refractivity contribution in [2.75, 3.05) is 39.3 Å². The van der Waals surface area contributed by atoms with Crippen LogP contribution < -0.4 is 0 Å². The molecule has 0 spiro atoms. The summed E-state index contributed by atoms with van der Waals surface area (Å²) in [4.78, 5) is 44.8. The minimum Gasteiger partial charge on any atom is -0.481 e. The van der Waals surface area contributed by atoms with Crippen LogP contribution in [-0.2, 0) is 19.2 Å². The van der Waals surface area contributed by atoms with Crippen molar-refractivity contribution in [3.8, 4) is 0 Å². The maximum absolute atomic E-state index is 10.6. The monoisotopic (exact) mass is 290 g/mol.